The van der Waals surface area contributed by atoms with Crippen LogP contribution in [-0.4, -0.2) is 14.2 Å². The number of halogens is 1. The van der Waals surface area contributed by atoms with Gasteiger partial charge in [0.2, 0.25) is 0 Å². The van der Waals surface area contributed by atoms with Gasteiger partial charge in [0, 0.05) is 18.2 Å². The van der Waals surface area contributed by atoms with Crippen molar-refractivity contribution in [1.82, 2.24) is 0 Å². The van der Waals surface area contributed by atoms with Crippen LogP contribution in [0.25, 0.3) is 11.1 Å². The first-order valence-electron chi connectivity index (χ1n) is 11.4. The Bertz CT molecular complexity index is 1080. The molecule has 0 aliphatic rings. The number of hydrogen-bond donors (Lipinski definition) is 0. The van der Waals surface area contributed by atoms with Gasteiger partial charge >= 0.3 is 0 Å². The third-order valence-corrected chi connectivity index (χ3v) is 5.84. The molecule has 3 rings (SSSR count). The van der Waals surface area contributed by atoms with E-state index < -0.39 is 0 Å². The largest absolute Gasteiger partial charge is 0.496 e. The molecule has 0 aliphatic carbocycles. The number of rotatable bonds is 8. The molecule has 3 nitrogen and oxygen atoms in total. The second-order valence-electron chi connectivity index (χ2n) is 9.73. The lowest BCUT2D eigenvalue weighted by molar-refractivity contribution is 0.0155. The second-order valence-corrected chi connectivity index (χ2v) is 9.73. The summed E-state index contributed by atoms with van der Waals surface area (Å²) in [5.41, 5.74) is 4.10. The lowest BCUT2D eigenvalue weighted by atomic mass is 9.81. The van der Waals surface area contributed by atoms with Crippen LogP contribution >= 0.6 is 0 Å². The maximum absolute atomic E-state index is 14.8. The van der Waals surface area contributed by atoms with Gasteiger partial charge in [0.15, 0.2) is 0 Å². The van der Waals surface area contributed by atoms with Crippen LogP contribution in [-0.2, 0) is 11.3 Å². The molecule has 176 valence electrons. The first-order chi connectivity index (χ1) is 15.7. The van der Waals surface area contributed by atoms with Gasteiger partial charge in [-0.05, 0) is 58.4 Å². The molecule has 0 saturated carbocycles. The quantitative estimate of drug-likeness (QED) is 0.349. The topological polar surface area (TPSA) is 27.7 Å². The van der Waals surface area contributed by atoms with Crippen molar-refractivity contribution >= 4 is 0 Å². The average Bonchev–Trinajstić information content (AvgIpc) is 2.78. The summed E-state index contributed by atoms with van der Waals surface area (Å²) in [6, 6.07) is 18.9. The van der Waals surface area contributed by atoms with Gasteiger partial charge in [-0.3, -0.25) is 0 Å². The van der Waals surface area contributed by atoms with Crippen LogP contribution in [0.1, 0.15) is 63.3 Å². The van der Waals surface area contributed by atoms with E-state index in [9.17, 15) is 4.39 Å². The van der Waals surface area contributed by atoms with Crippen LogP contribution in [0.4, 0.5) is 4.39 Å². The molecule has 0 heterocycles. The van der Waals surface area contributed by atoms with Crippen LogP contribution in [0.15, 0.2) is 60.7 Å². The van der Waals surface area contributed by atoms with Crippen molar-refractivity contribution in [2.24, 2.45) is 5.41 Å². The van der Waals surface area contributed by atoms with Crippen molar-refractivity contribution in [3.8, 4) is 22.6 Å². The standard InChI is InChI=1S/C29H35FO3/c1-19(2)20-11-10-12-22(15-20)33-18-21-16-25(28(32-7)29(3,4)5)24(17-27(21)31-6)23-13-8-9-14-26(23)30/h8-17,19,28H,18H2,1-7H3/t28-/m1/s1. The molecular formula is C29H35FO3. The fourth-order valence-corrected chi connectivity index (χ4v) is 4.15. The molecule has 0 aliphatic heterocycles. The first kappa shape index (κ1) is 24.8. The van der Waals surface area contributed by atoms with Crippen molar-refractivity contribution in [2.75, 3.05) is 14.2 Å². The average molecular weight is 451 g/mol. The molecule has 0 aromatic heterocycles. The van der Waals surface area contributed by atoms with E-state index in [4.69, 9.17) is 14.2 Å². The molecule has 0 bridgehead atoms. The highest BCUT2D eigenvalue weighted by molar-refractivity contribution is 5.71. The third kappa shape index (κ3) is 5.75. The molecule has 4 heteroatoms. The Morgan fingerprint density at radius 2 is 1.61 bits per heavy atom. The Kier molecular flexibility index (Phi) is 7.80. The number of benzene rings is 3. The van der Waals surface area contributed by atoms with Crippen LogP contribution in [0.2, 0.25) is 0 Å². The van der Waals surface area contributed by atoms with E-state index in [1.54, 1.807) is 26.4 Å². The zero-order chi connectivity index (χ0) is 24.2. The Balaban J connectivity index is 2.09. The van der Waals surface area contributed by atoms with Gasteiger partial charge in [-0.25, -0.2) is 4.39 Å². The molecule has 0 N–H and O–H groups in total. The van der Waals surface area contributed by atoms with Crippen LogP contribution < -0.4 is 9.47 Å². The minimum atomic E-state index is -0.279. The normalized spacial score (nSPS) is 12.6. The van der Waals surface area contributed by atoms with E-state index >= 15 is 0 Å². The van der Waals surface area contributed by atoms with Gasteiger partial charge < -0.3 is 14.2 Å². The highest BCUT2D eigenvalue weighted by Gasteiger charge is 2.30. The molecule has 0 amide bonds. The van der Waals surface area contributed by atoms with E-state index in [0.29, 0.717) is 23.8 Å². The summed E-state index contributed by atoms with van der Waals surface area (Å²) in [5, 5.41) is 0. The molecule has 0 radical (unpaired) electrons. The summed E-state index contributed by atoms with van der Waals surface area (Å²) in [5.74, 6) is 1.60. The van der Waals surface area contributed by atoms with Gasteiger partial charge in [-0.1, -0.05) is 65.0 Å². The Morgan fingerprint density at radius 1 is 0.879 bits per heavy atom. The van der Waals surface area contributed by atoms with Crippen molar-refractivity contribution in [3.63, 3.8) is 0 Å². The van der Waals surface area contributed by atoms with Crippen molar-refractivity contribution in [2.45, 2.75) is 53.2 Å². The fraction of sp³-hybridized carbons (Fsp3) is 0.379. The summed E-state index contributed by atoms with van der Waals surface area (Å²) >= 11 is 0. The van der Waals surface area contributed by atoms with Crippen molar-refractivity contribution < 1.29 is 18.6 Å². The maximum atomic E-state index is 14.8. The SMILES string of the molecule is COc1cc(-c2ccccc2F)c([C@@H](OC)C(C)(C)C)cc1COc1cccc(C(C)C)c1. The highest BCUT2D eigenvalue weighted by atomic mass is 19.1. The summed E-state index contributed by atoms with van der Waals surface area (Å²) in [6.45, 7) is 11.0. The van der Waals surface area contributed by atoms with E-state index in [1.165, 1.54) is 11.6 Å². The Hall–Kier alpha value is -2.85. The highest BCUT2D eigenvalue weighted by Crippen LogP contribution is 2.43. The predicted octanol–water partition coefficient (Wildman–Crippen LogP) is 7.94. The van der Waals surface area contributed by atoms with Gasteiger partial charge in [0.25, 0.3) is 0 Å². The monoisotopic (exact) mass is 450 g/mol. The molecule has 0 spiro atoms. The zero-order valence-electron chi connectivity index (χ0n) is 20.7. The zero-order valence-corrected chi connectivity index (χ0v) is 20.7. The summed E-state index contributed by atoms with van der Waals surface area (Å²) in [4.78, 5) is 0. The van der Waals surface area contributed by atoms with Gasteiger partial charge in [0.05, 0.1) is 13.2 Å². The third-order valence-electron chi connectivity index (χ3n) is 5.84. The minimum Gasteiger partial charge on any atom is -0.496 e. The predicted molar refractivity (Wildman–Crippen MR) is 132 cm³/mol. The molecule has 0 unspecified atom stereocenters. The Morgan fingerprint density at radius 3 is 2.21 bits per heavy atom. The van der Waals surface area contributed by atoms with Crippen LogP contribution in [0, 0.1) is 11.2 Å². The maximum Gasteiger partial charge on any atom is 0.131 e. The molecule has 3 aromatic rings. The number of ether oxygens (including phenoxy) is 3. The summed E-state index contributed by atoms with van der Waals surface area (Å²) in [6.07, 6.45) is -0.249. The molecule has 0 saturated heterocycles. The first-order valence-corrected chi connectivity index (χ1v) is 11.4. The molecule has 1 atom stereocenters. The second kappa shape index (κ2) is 10.4. The molecule has 3 aromatic carbocycles. The minimum absolute atomic E-state index is 0.201. The number of methoxy groups -OCH3 is 2. The van der Waals surface area contributed by atoms with Gasteiger partial charge in [-0.15, -0.1) is 0 Å². The molecule has 33 heavy (non-hydrogen) atoms. The van der Waals surface area contributed by atoms with E-state index in [-0.39, 0.29) is 17.3 Å². The summed E-state index contributed by atoms with van der Waals surface area (Å²) in [7, 11) is 3.32. The van der Waals surface area contributed by atoms with Crippen molar-refractivity contribution in [3.05, 3.63) is 83.2 Å². The molecular weight excluding hydrogens is 415 g/mol. The van der Waals surface area contributed by atoms with Crippen LogP contribution in [0.3, 0.4) is 0 Å². The van der Waals surface area contributed by atoms with Crippen molar-refractivity contribution in [1.29, 1.82) is 0 Å². The van der Waals surface area contributed by atoms with Gasteiger partial charge in [-0.2, -0.15) is 0 Å². The fourth-order valence-electron chi connectivity index (χ4n) is 4.15. The molecule has 0 fully saturated rings. The van der Waals surface area contributed by atoms with E-state index in [0.717, 1.165) is 22.4 Å². The lowest BCUT2D eigenvalue weighted by Gasteiger charge is -2.32. The lowest BCUT2D eigenvalue weighted by Crippen LogP contribution is -2.21. The summed E-state index contributed by atoms with van der Waals surface area (Å²) < 4.78 is 32.6. The van der Waals surface area contributed by atoms with Crippen LogP contribution in [0.5, 0.6) is 11.5 Å². The Labute approximate surface area is 197 Å². The van der Waals surface area contributed by atoms with E-state index in [1.807, 2.05) is 30.3 Å². The smallest absolute Gasteiger partial charge is 0.131 e. The van der Waals surface area contributed by atoms with E-state index in [2.05, 4.69) is 46.8 Å². The number of hydrogen-bond acceptors (Lipinski definition) is 3. The van der Waals surface area contributed by atoms with Gasteiger partial charge in [0.1, 0.15) is 23.9 Å².